The van der Waals surface area contributed by atoms with Crippen LogP contribution in [0.1, 0.15) is 57.4 Å². The Labute approximate surface area is 116 Å². The second-order valence-corrected chi connectivity index (χ2v) is 5.76. The highest BCUT2D eigenvalue weighted by molar-refractivity contribution is 7.10. The average Bonchev–Trinajstić information content (AvgIpc) is 2.88. The third-order valence-electron chi connectivity index (χ3n) is 3.54. The fraction of sp³-hybridized carbons (Fsp3) is 0.733. The third-order valence-corrected chi connectivity index (χ3v) is 4.56. The Balaban J connectivity index is 2.69. The summed E-state index contributed by atoms with van der Waals surface area (Å²) < 4.78 is 5.29. The van der Waals surface area contributed by atoms with Crippen LogP contribution in [-0.4, -0.2) is 13.7 Å². The van der Waals surface area contributed by atoms with Crippen molar-refractivity contribution in [1.29, 1.82) is 0 Å². The van der Waals surface area contributed by atoms with Crippen LogP contribution in [-0.2, 0) is 0 Å². The van der Waals surface area contributed by atoms with Gasteiger partial charge in [0, 0.05) is 16.3 Å². The highest BCUT2D eigenvalue weighted by Crippen LogP contribution is 2.32. The lowest BCUT2D eigenvalue weighted by Gasteiger charge is -2.22. The fourth-order valence-corrected chi connectivity index (χ4v) is 3.14. The summed E-state index contributed by atoms with van der Waals surface area (Å²) in [6.07, 6.45) is 4.95. The highest BCUT2D eigenvalue weighted by Gasteiger charge is 2.17. The molecule has 1 rings (SSSR count). The van der Waals surface area contributed by atoms with Crippen LogP contribution in [0.5, 0.6) is 5.75 Å². The van der Waals surface area contributed by atoms with Crippen molar-refractivity contribution in [2.75, 3.05) is 13.7 Å². The minimum absolute atomic E-state index is 0.490. The van der Waals surface area contributed by atoms with Crippen molar-refractivity contribution in [3.05, 3.63) is 16.3 Å². The molecule has 1 atom stereocenters. The molecule has 0 spiro atoms. The maximum Gasteiger partial charge on any atom is 0.129 e. The molecule has 0 radical (unpaired) electrons. The molecule has 2 nitrogen and oxygen atoms in total. The van der Waals surface area contributed by atoms with Gasteiger partial charge >= 0.3 is 0 Å². The van der Waals surface area contributed by atoms with Crippen LogP contribution >= 0.6 is 11.3 Å². The zero-order valence-electron chi connectivity index (χ0n) is 12.2. The molecule has 1 heterocycles. The molecule has 0 amide bonds. The molecule has 3 heteroatoms. The van der Waals surface area contributed by atoms with Crippen LogP contribution < -0.4 is 10.1 Å². The molecular weight excluding hydrogens is 242 g/mol. The molecule has 0 saturated heterocycles. The number of thiophene rings is 1. The van der Waals surface area contributed by atoms with Gasteiger partial charge in [0.1, 0.15) is 5.75 Å². The minimum Gasteiger partial charge on any atom is -0.496 e. The zero-order chi connectivity index (χ0) is 13.4. The first kappa shape index (κ1) is 15.5. The average molecular weight is 269 g/mol. The van der Waals surface area contributed by atoms with E-state index in [4.69, 9.17) is 4.74 Å². The molecule has 1 unspecified atom stereocenters. The number of rotatable bonds is 9. The first-order valence-electron chi connectivity index (χ1n) is 7.10. The Bertz CT molecular complexity index is 320. The topological polar surface area (TPSA) is 21.3 Å². The summed E-state index contributed by atoms with van der Waals surface area (Å²) in [7, 11) is 1.74. The summed E-state index contributed by atoms with van der Waals surface area (Å²) in [5.74, 6) is 1.80. The van der Waals surface area contributed by atoms with Crippen LogP contribution in [0.4, 0.5) is 0 Å². The summed E-state index contributed by atoms with van der Waals surface area (Å²) in [5, 5.41) is 5.78. The van der Waals surface area contributed by atoms with Gasteiger partial charge in [-0.25, -0.2) is 0 Å². The molecule has 1 N–H and O–H groups in total. The molecular formula is C15H27NOS. The number of methoxy groups -OCH3 is 1. The van der Waals surface area contributed by atoms with Crippen molar-refractivity contribution < 1.29 is 4.74 Å². The lowest BCUT2D eigenvalue weighted by atomic mass is 9.94. The van der Waals surface area contributed by atoms with Crippen molar-refractivity contribution in [3.63, 3.8) is 0 Å². The molecule has 18 heavy (non-hydrogen) atoms. The first-order chi connectivity index (χ1) is 8.74. The Morgan fingerprint density at radius 3 is 2.50 bits per heavy atom. The molecule has 0 aliphatic carbocycles. The van der Waals surface area contributed by atoms with E-state index in [1.807, 2.05) is 11.3 Å². The van der Waals surface area contributed by atoms with Crippen molar-refractivity contribution in [3.8, 4) is 5.75 Å². The molecule has 1 aromatic rings. The SMILES string of the molecule is CCCNC(CC(CC)CC)c1cc(OC)cs1. The van der Waals surface area contributed by atoms with E-state index in [-0.39, 0.29) is 0 Å². The summed E-state index contributed by atoms with van der Waals surface area (Å²) in [5.41, 5.74) is 0. The summed E-state index contributed by atoms with van der Waals surface area (Å²) in [4.78, 5) is 1.41. The predicted octanol–water partition coefficient (Wildman–Crippen LogP) is 4.62. The van der Waals surface area contributed by atoms with Gasteiger partial charge < -0.3 is 10.1 Å². The van der Waals surface area contributed by atoms with E-state index >= 15 is 0 Å². The zero-order valence-corrected chi connectivity index (χ0v) is 13.0. The van der Waals surface area contributed by atoms with E-state index in [1.54, 1.807) is 7.11 Å². The normalized spacial score (nSPS) is 12.9. The second kappa shape index (κ2) is 8.54. The molecule has 0 fully saturated rings. The van der Waals surface area contributed by atoms with Crippen molar-refractivity contribution in [2.24, 2.45) is 5.92 Å². The number of nitrogens with one attached hydrogen (secondary N) is 1. The summed E-state index contributed by atoms with van der Waals surface area (Å²) in [6.45, 7) is 7.89. The van der Waals surface area contributed by atoms with Crippen molar-refractivity contribution in [1.82, 2.24) is 5.32 Å². The van der Waals surface area contributed by atoms with Crippen molar-refractivity contribution >= 4 is 11.3 Å². The van der Waals surface area contributed by atoms with Gasteiger partial charge in [0.2, 0.25) is 0 Å². The van der Waals surface area contributed by atoms with Crippen LogP contribution in [0.2, 0.25) is 0 Å². The maximum atomic E-state index is 5.29. The number of ether oxygens (including phenoxy) is 1. The fourth-order valence-electron chi connectivity index (χ4n) is 2.20. The standard InChI is InChI=1S/C15H27NOS/c1-5-8-16-14(9-12(6-2)7-3)15-10-13(17-4)11-18-15/h10-12,14,16H,5-9H2,1-4H3. The Kier molecular flexibility index (Phi) is 7.36. The number of hydrogen-bond acceptors (Lipinski definition) is 3. The van der Waals surface area contributed by atoms with Crippen LogP contribution in [0.15, 0.2) is 11.4 Å². The predicted molar refractivity (Wildman–Crippen MR) is 80.6 cm³/mol. The van der Waals surface area contributed by atoms with Gasteiger partial charge in [0.05, 0.1) is 7.11 Å². The van der Waals surface area contributed by atoms with E-state index in [9.17, 15) is 0 Å². The van der Waals surface area contributed by atoms with E-state index < -0.39 is 0 Å². The van der Waals surface area contributed by atoms with E-state index in [0.717, 1.165) is 18.2 Å². The lowest BCUT2D eigenvalue weighted by molar-refractivity contribution is 0.373. The quantitative estimate of drug-likeness (QED) is 0.706. The minimum atomic E-state index is 0.490. The van der Waals surface area contributed by atoms with E-state index in [2.05, 4.69) is 37.5 Å². The van der Waals surface area contributed by atoms with Crippen LogP contribution in [0.25, 0.3) is 0 Å². The molecule has 0 bridgehead atoms. The van der Waals surface area contributed by atoms with Crippen molar-refractivity contribution in [2.45, 2.75) is 52.5 Å². The van der Waals surface area contributed by atoms with Gasteiger partial charge in [-0.1, -0.05) is 33.6 Å². The monoisotopic (exact) mass is 269 g/mol. The van der Waals surface area contributed by atoms with E-state index in [0.29, 0.717) is 6.04 Å². The summed E-state index contributed by atoms with van der Waals surface area (Å²) >= 11 is 1.81. The Morgan fingerprint density at radius 2 is 2.00 bits per heavy atom. The van der Waals surface area contributed by atoms with Gasteiger partial charge in [-0.15, -0.1) is 11.3 Å². The van der Waals surface area contributed by atoms with Gasteiger partial charge in [-0.05, 0) is 31.4 Å². The highest BCUT2D eigenvalue weighted by atomic mass is 32.1. The van der Waals surface area contributed by atoms with Gasteiger partial charge in [0.15, 0.2) is 0 Å². The Hall–Kier alpha value is -0.540. The van der Waals surface area contributed by atoms with Crippen LogP contribution in [0.3, 0.4) is 0 Å². The van der Waals surface area contributed by atoms with Crippen LogP contribution in [0, 0.1) is 5.92 Å². The van der Waals surface area contributed by atoms with Gasteiger partial charge in [-0.2, -0.15) is 0 Å². The van der Waals surface area contributed by atoms with E-state index in [1.165, 1.54) is 30.6 Å². The molecule has 1 aromatic heterocycles. The number of hydrogen-bond donors (Lipinski definition) is 1. The molecule has 0 aromatic carbocycles. The summed E-state index contributed by atoms with van der Waals surface area (Å²) in [6, 6.07) is 2.67. The largest absolute Gasteiger partial charge is 0.496 e. The lowest BCUT2D eigenvalue weighted by Crippen LogP contribution is -2.23. The molecule has 104 valence electrons. The molecule has 0 aliphatic heterocycles. The van der Waals surface area contributed by atoms with Gasteiger partial charge in [-0.3, -0.25) is 0 Å². The first-order valence-corrected chi connectivity index (χ1v) is 7.98. The van der Waals surface area contributed by atoms with Gasteiger partial charge in [0.25, 0.3) is 0 Å². The smallest absolute Gasteiger partial charge is 0.129 e. The maximum absolute atomic E-state index is 5.29. The Morgan fingerprint density at radius 1 is 1.28 bits per heavy atom. The molecule has 0 aliphatic rings. The second-order valence-electron chi connectivity index (χ2n) is 4.81. The third kappa shape index (κ3) is 4.62. The molecule has 0 saturated carbocycles.